The molecule has 1 atom stereocenters. The Kier molecular flexibility index (Phi) is 4.25. The minimum Gasteiger partial charge on any atom is -0.504 e. The molecule has 1 N–H and O–H groups in total. The van der Waals surface area contributed by atoms with Gasteiger partial charge in [-0.1, -0.05) is 0 Å². The topological polar surface area (TPSA) is 65.9 Å². The monoisotopic (exact) mass is 293 g/mol. The summed E-state index contributed by atoms with van der Waals surface area (Å²) in [5, 5.41) is 9.86. The lowest BCUT2D eigenvalue weighted by atomic mass is 10.2. The molecule has 21 heavy (non-hydrogen) atoms. The average Bonchev–Trinajstić information content (AvgIpc) is 2.86. The van der Waals surface area contributed by atoms with Gasteiger partial charge in [-0.2, -0.15) is 0 Å². The third-order valence-electron chi connectivity index (χ3n) is 3.46. The molecule has 1 aliphatic heterocycles. The van der Waals surface area contributed by atoms with E-state index in [2.05, 4.69) is 4.98 Å². The Morgan fingerprint density at radius 1 is 1.52 bits per heavy atom. The third kappa shape index (κ3) is 3.77. The van der Waals surface area contributed by atoms with Crippen LogP contribution in [0.3, 0.4) is 0 Å². The molecule has 116 valence electrons. The van der Waals surface area contributed by atoms with Crippen molar-refractivity contribution in [1.82, 2.24) is 9.88 Å². The molecule has 0 radical (unpaired) electrons. The van der Waals surface area contributed by atoms with Crippen molar-refractivity contribution >= 4 is 11.9 Å². The molecule has 0 aromatic carbocycles. The van der Waals surface area contributed by atoms with Gasteiger partial charge in [0.05, 0.1) is 0 Å². The molecule has 1 aromatic heterocycles. The Hall–Kier alpha value is -1.98. The molecule has 6 nitrogen and oxygen atoms in total. The molecule has 6 heteroatoms. The molecule has 2 rings (SSSR count). The van der Waals surface area contributed by atoms with Crippen molar-refractivity contribution in [2.45, 2.75) is 38.8 Å². The fourth-order valence-electron chi connectivity index (χ4n) is 2.38. The maximum absolute atomic E-state index is 12.1. The van der Waals surface area contributed by atoms with Crippen LogP contribution in [0.4, 0.5) is 10.6 Å². The number of carbonyl (C=O) groups is 1. The summed E-state index contributed by atoms with van der Waals surface area (Å²) in [6.45, 7) is 6.79. The van der Waals surface area contributed by atoms with E-state index in [1.54, 1.807) is 23.2 Å². The highest BCUT2D eigenvalue weighted by Gasteiger charge is 2.32. The summed E-state index contributed by atoms with van der Waals surface area (Å²) in [5.41, 5.74) is -0.486. The maximum Gasteiger partial charge on any atom is 0.410 e. The number of amides is 1. The lowest BCUT2D eigenvalue weighted by molar-refractivity contribution is 0.0292. The summed E-state index contributed by atoms with van der Waals surface area (Å²) in [7, 11) is 1.88. The number of aromatic nitrogens is 1. The van der Waals surface area contributed by atoms with Crippen molar-refractivity contribution in [1.29, 1.82) is 0 Å². The van der Waals surface area contributed by atoms with E-state index in [0.29, 0.717) is 18.9 Å². The molecule has 1 saturated heterocycles. The van der Waals surface area contributed by atoms with Crippen LogP contribution in [0.25, 0.3) is 0 Å². The molecule has 0 spiro atoms. The van der Waals surface area contributed by atoms with Crippen LogP contribution in [0.5, 0.6) is 5.75 Å². The first kappa shape index (κ1) is 15.4. The molecule has 1 fully saturated rings. The summed E-state index contributed by atoms with van der Waals surface area (Å²) in [6.07, 6.45) is 2.18. The van der Waals surface area contributed by atoms with Crippen molar-refractivity contribution < 1.29 is 14.6 Å². The third-order valence-corrected chi connectivity index (χ3v) is 3.46. The number of hydrogen-bond acceptors (Lipinski definition) is 5. The first-order chi connectivity index (χ1) is 9.78. The molecule has 1 unspecified atom stereocenters. The van der Waals surface area contributed by atoms with Crippen molar-refractivity contribution in [2.75, 3.05) is 25.0 Å². The number of carbonyl (C=O) groups excluding carboxylic acids is 1. The van der Waals surface area contributed by atoms with Crippen LogP contribution in [0.2, 0.25) is 0 Å². The predicted molar refractivity (Wildman–Crippen MR) is 80.5 cm³/mol. The molecule has 2 heterocycles. The maximum atomic E-state index is 12.1. The number of hydrogen-bond donors (Lipinski definition) is 1. The fourth-order valence-corrected chi connectivity index (χ4v) is 2.38. The Labute approximate surface area is 125 Å². The van der Waals surface area contributed by atoms with Gasteiger partial charge in [0.1, 0.15) is 5.60 Å². The number of likely N-dealkylation sites (tertiary alicyclic amines) is 1. The van der Waals surface area contributed by atoms with Crippen LogP contribution in [0.15, 0.2) is 18.3 Å². The van der Waals surface area contributed by atoms with Gasteiger partial charge in [-0.25, -0.2) is 9.78 Å². The lowest BCUT2D eigenvalue weighted by Crippen LogP contribution is -2.39. The van der Waals surface area contributed by atoms with Gasteiger partial charge in [-0.3, -0.25) is 0 Å². The van der Waals surface area contributed by atoms with Crippen LogP contribution >= 0.6 is 0 Å². The minimum atomic E-state index is -0.486. The second kappa shape index (κ2) is 5.79. The largest absolute Gasteiger partial charge is 0.504 e. The van der Waals surface area contributed by atoms with E-state index in [9.17, 15) is 9.90 Å². The van der Waals surface area contributed by atoms with E-state index in [4.69, 9.17) is 4.74 Å². The van der Waals surface area contributed by atoms with Crippen LogP contribution in [0.1, 0.15) is 27.2 Å². The molecule has 0 bridgehead atoms. The molecule has 1 amide bonds. The standard InChI is InChI=1S/C15H23N3O3/c1-15(2,3)21-14(20)18-9-7-11(10-18)17(4)13-12(19)6-5-8-16-13/h5-6,8,11,19H,7,9-10H2,1-4H3. The molecule has 0 saturated carbocycles. The Balaban J connectivity index is 1.99. The normalized spacial score (nSPS) is 18.7. The highest BCUT2D eigenvalue weighted by molar-refractivity contribution is 5.68. The van der Waals surface area contributed by atoms with Crippen molar-refractivity contribution in [3.05, 3.63) is 18.3 Å². The first-order valence-corrected chi connectivity index (χ1v) is 7.12. The van der Waals surface area contributed by atoms with E-state index < -0.39 is 5.60 Å². The molecular weight excluding hydrogens is 270 g/mol. The van der Waals surface area contributed by atoms with Gasteiger partial charge >= 0.3 is 6.09 Å². The SMILES string of the molecule is CN(c1ncccc1O)C1CCN(C(=O)OC(C)(C)C)C1. The summed E-state index contributed by atoms with van der Waals surface area (Å²) in [5.74, 6) is 0.684. The van der Waals surface area contributed by atoms with Gasteiger partial charge in [-0.15, -0.1) is 0 Å². The number of pyridine rings is 1. The lowest BCUT2D eigenvalue weighted by Gasteiger charge is -2.27. The molecule has 0 aliphatic carbocycles. The van der Waals surface area contributed by atoms with E-state index in [1.165, 1.54) is 0 Å². The van der Waals surface area contributed by atoms with E-state index in [-0.39, 0.29) is 17.9 Å². The highest BCUT2D eigenvalue weighted by Crippen LogP contribution is 2.27. The number of nitrogens with zero attached hydrogens (tertiary/aromatic N) is 3. The van der Waals surface area contributed by atoms with Crippen molar-refractivity contribution in [3.63, 3.8) is 0 Å². The first-order valence-electron chi connectivity index (χ1n) is 7.12. The Morgan fingerprint density at radius 3 is 2.86 bits per heavy atom. The quantitative estimate of drug-likeness (QED) is 0.906. The average molecular weight is 293 g/mol. The van der Waals surface area contributed by atoms with Crippen LogP contribution in [-0.4, -0.2) is 52.9 Å². The number of aromatic hydroxyl groups is 1. The van der Waals surface area contributed by atoms with Crippen molar-refractivity contribution in [2.24, 2.45) is 0 Å². The van der Waals surface area contributed by atoms with Gasteiger partial charge in [0.15, 0.2) is 11.6 Å². The summed E-state index contributed by atoms with van der Waals surface area (Å²) < 4.78 is 5.38. The van der Waals surface area contributed by atoms with Gasteiger partial charge in [-0.05, 0) is 39.3 Å². The summed E-state index contributed by atoms with van der Waals surface area (Å²) >= 11 is 0. The summed E-state index contributed by atoms with van der Waals surface area (Å²) in [6, 6.07) is 3.42. The van der Waals surface area contributed by atoms with Crippen molar-refractivity contribution in [3.8, 4) is 5.75 Å². The van der Waals surface area contributed by atoms with Gasteiger partial charge in [0.2, 0.25) is 0 Å². The van der Waals surface area contributed by atoms with E-state index in [0.717, 1.165) is 6.42 Å². The number of anilines is 1. The second-order valence-corrected chi connectivity index (χ2v) is 6.33. The van der Waals surface area contributed by atoms with Crippen LogP contribution in [0, 0.1) is 0 Å². The van der Waals surface area contributed by atoms with E-state index >= 15 is 0 Å². The minimum absolute atomic E-state index is 0.123. The van der Waals surface area contributed by atoms with Gasteiger partial charge in [0.25, 0.3) is 0 Å². The zero-order valence-corrected chi connectivity index (χ0v) is 13.0. The van der Waals surface area contributed by atoms with Gasteiger partial charge < -0.3 is 19.6 Å². The predicted octanol–water partition coefficient (Wildman–Crippen LogP) is 2.23. The Morgan fingerprint density at radius 2 is 2.24 bits per heavy atom. The zero-order chi connectivity index (χ0) is 15.6. The summed E-state index contributed by atoms with van der Waals surface area (Å²) in [4.78, 5) is 19.9. The van der Waals surface area contributed by atoms with Crippen LogP contribution in [-0.2, 0) is 4.74 Å². The number of ether oxygens (including phenoxy) is 1. The molecule has 1 aromatic rings. The highest BCUT2D eigenvalue weighted by atomic mass is 16.6. The van der Waals surface area contributed by atoms with Gasteiger partial charge in [0, 0.05) is 32.4 Å². The number of likely N-dealkylation sites (N-methyl/N-ethyl adjacent to an activating group) is 1. The smallest absolute Gasteiger partial charge is 0.410 e. The zero-order valence-electron chi connectivity index (χ0n) is 13.0. The fraction of sp³-hybridized carbons (Fsp3) is 0.600. The Bertz CT molecular complexity index is 513. The number of rotatable bonds is 2. The second-order valence-electron chi connectivity index (χ2n) is 6.33. The molecular formula is C15H23N3O3. The van der Waals surface area contributed by atoms with E-state index in [1.807, 2.05) is 32.7 Å². The molecule has 1 aliphatic rings. The van der Waals surface area contributed by atoms with Crippen LogP contribution < -0.4 is 4.90 Å².